The van der Waals surface area contributed by atoms with Gasteiger partial charge in [0, 0.05) is 25.3 Å². The van der Waals surface area contributed by atoms with Crippen molar-refractivity contribution in [2.24, 2.45) is 14.1 Å². The van der Waals surface area contributed by atoms with Gasteiger partial charge in [0.05, 0.1) is 19.8 Å². The Hall–Kier alpha value is -3.94. The zero-order valence-electron chi connectivity index (χ0n) is 18.9. The topological polar surface area (TPSA) is 87.6 Å². The minimum Gasteiger partial charge on any atom is -0.497 e. The first-order valence-corrected chi connectivity index (χ1v) is 10.1. The smallest absolute Gasteiger partial charge is 0.333 e. The maximum atomic E-state index is 13.2. The summed E-state index contributed by atoms with van der Waals surface area (Å²) in [6, 6.07) is 11.3. The van der Waals surface area contributed by atoms with E-state index < -0.39 is 11.2 Å². The van der Waals surface area contributed by atoms with Gasteiger partial charge in [-0.25, -0.2) is 4.79 Å². The zero-order valence-corrected chi connectivity index (χ0v) is 18.9. The van der Waals surface area contributed by atoms with Crippen molar-refractivity contribution in [2.75, 3.05) is 19.5 Å². The van der Waals surface area contributed by atoms with Crippen LogP contribution in [0.15, 0.2) is 50.4 Å². The number of furan rings is 1. The molecule has 4 rings (SSSR count). The summed E-state index contributed by atoms with van der Waals surface area (Å²) in [6.07, 6.45) is 0. The minimum absolute atomic E-state index is 0.172. The second-order valence-electron chi connectivity index (χ2n) is 7.70. The number of rotatable bonds is 5. The van der Waals surface area contributed by atoms with E-state index in [1.54, 1.807) is 39.5 Å². The third-order valence-electron chi connectivity index (χ3n) is 5.59. The van der Waals surface area contributed by atoms with Gasteiger partial charge in [0.2, 0.25) is 11.6 Å². The summed E-state index contributed by atoms with van der Waals surface area (Å²) in [4.78, 5) is 25.8. The number of hydrogen-bond acceptors (Lipinski definition) is 6. The summed E-state index contributed by atoms with van der Waals surface area (Å²) in [5.74, 6) is 1.46. The Balaban J connectivity index is 2.11. The fourth-order valence-electron chi connectivity index (χ4n) is 3.85. The van der Waals surface area contributed by atoms with Crippen molar-refractivity contribution >= 4 is 22.7 Å². The third-order valence-corrected chi connectivity index (χ3v) is 5.59. The van der Waals surface area contributed by atoms with Gasteiger partial charge in [-0.1, -0.05) is 17.7 Å². The van der Waals surface area contributed by atoms with Crippen LogP contribution in [0.5, 0.6) is 11.5 Å². The van der Waals surface area contributed by atoms with Gasteiger partial charge in [-0.2, -0.15) is 0 Å². The van der Waals surface area contributed by atoms with Gasteiger partial charge in [-0.3, -0.25) is 13.9 Å². The molecular weight excluding hydrogens is 410 g/mol. The molecule has 0 bridgehead atoms. The first kappa shape index (κ1) is 21.3. The summed E-state index contributed by atoms with van der Waals surface area (Å²) in [7, 11) is 6.14. The molecular formula is C24H25N3O5. The monoisotopic (exact) mass is 435 g/mol. The lowest BCUT2D eigenvalue weighted by Gasteiger charge is -2.13. The maximum Gasteiger partial charge on any atom is 0.333 e. The van der Waals surface area contributed by atoms with Crippen LogP contribution in [0.3, 0.4) is 0 Å². The Morgan fingerprint density at radius 1 is 0.938 bits per heavy atom. The molecule has 0 radical (unpaired) electrons. The Morgan fingerprint density at radius 2 is 1.69 bits per heavy atom. The van der Waals surface area contributed by atoms with Crippen molar-refractivity contribution in [3.63, 3.8) is 0 Å². The van der Waals surface area contributed by atoms with Crippen LogP contribution in [0.25, 0.3) is 22.2 Å². The van der Waals surface area contributed by atoms with E-state index in [0.717, 1.165) is 21.4 Å². The average Bonchev–Trinajstić information content (AvgIpc) is 3.16. The van der Waals surface area contributed by atoms with E-state index in [1.807, 2.05) is 32.0 Å². The lowest BCUT2D eigenvalue weighted by atomic mass is 10.0. The normalized spacial score (nSPS) is 11.1. The Bertz CT molecular complexity index is 1460. The largest absolute Gasteiger partial charge is 0.497 e. The second kappa shape index (κ2) is 7.96. The highest BCUT2D eigenvalue weighted by Gasteiger charge is 2.26. The summed E-state index contributed by atoms with van der Waals surface area (Å²) < 4.78 is 19.5. The summed E-state index contributed by atoms with van der Waals surface area (Å²) >= 11 is 0. The molecule has 0 amide bonds. The molecule has 0 fully saturated rings. The standard InChI is InChI=1S/C24H25N3O5/c1-13-7-9-17(14(2)11-13)25-21-19(16-12-15(30-5)8-10-18(16)31-6)20-22(28)26(3)24(29)27(4)23(20)32-21/h7-12,25H,1-6H3. The molecule has 0 spiro atoms. The van der Waals surface area contributed by atoms with Crippen molar-refractivity contribution in [3.05, 3.63) is 68.4 Å². The van der Waals surface area contributed by atoms with E-state index in [9.17, 15) is 9.59 Å². The lowest BCUT2D eigenvalue weighted by Crippen LogP contribution is -2.36. The van der Waals surface area contributed by atoms with Gasteiger partial charge in [0.25, 0.3) is 5.56 Å². The molecule has 32 heavy (non-hydrogen) atoms. The SMILES string of the molecule is COc1ccc(OC)c(-c2c(Nc3ccc(C)cc3C)oc3c2c(=O)n(C)c(=O)n3C)c1. The second-order valence-corrected chi connectivity index (χ2v) is 7.70. The molecule has 8 nitrogen and oxygen atoms in total. The van der Waals surface area contributed by atoms with Crippen LogP contribution in [-0.4, -0.2) is 23.4 Å². The van der Waals surface area contributed by atoms with Crippen molar-refractivity contribution < 1.29 is 13.9 Å². The number of nitrogens with one attached hydrogen (secondary N) is 1. The molecule has 0 atom stereocenters. The van der Waals surface area contributed by atoms with E-state index in [1.165, 1.54) is 11.6 Å². The molecule has 1 N–H and O–H groups in total. The molecule has 2 aromatic heterocycles. The van der Waals surface area contributed by atoms with Crippen LogP contribution in [0.4, 0.5) is 11.6 Å². The van der Waals surface area contributed by atoms with E-state index >= 15 is 0 Å². The molecule has 0 aliphatic carbocycles. The molecule has 0 saturated carbocycles. The highest BCUT2D eigenvalue weighted by molar-refractivity contribution is 6.01. The first-order chi connectivity index (χ1) is 15.3. The number of ether oxygens (including phenoxy) is 2. The number of aryl methyl sites for hydroxylation is 3. The van der Waals surface area contributed by atoms with Crippen molar-refractivity contribution in [3.8, 4) is 22.6 Å². The number of methoxy groups -OCH3 is 2. The summed E-state index contributed by atoms with van der Waals surface area (Å²) in [5.41, 5.74) is 3.30. The third kappa shape index (κ3) is 3.33. The van der Waals surface area contributed by atoms with Crippen molar-refractivity contribution in [1.82, 2.24) is 9.13 Å². The van der Waals surface area contributed by atoms with Crippen LogP contribution in [0.2, 0.25) is 0 Å². The van der Waals surface area contributed by atoms with Gasteiger partial charge in [0.15, 0.2) is 0 Å². The lowest BCUT2D eigenvalue weighted by molar-refractivity contribution is 0.404. The molecule has 4 aromatic rings. The molecule has 0 aliphatic rings. The number of nitrogens with zero attached hydrogens (tertiary/aromatic N) is 2. The first-order valence-electron chi connectivity index (χ1n) is 10.1. The summed E-state index contributed by atoms with van der Waals surface area (Å²) in [5, 5.41) is 3.58. The average molecular weight is 435 g/mol. The molecule has 2 heterocycles. The number of fused-ring (bicyclic) bond motifs is 1. The van der Waals surface area contributed by atoms with Gasteiger partial charge in [0.1, 0.15) is 16.9 Å². The number of anilines is 2. The Labute approximate surface area is 184 Å². The summed E-state index contributed by atoms with van der Waals surface area (Å²) in [6.45, 7) is 4.00. The number of aromatic nitrogens is 2. The van der Waals surface area contributed by atoms with Crippen molar-refractivity contribution in [2.45, 2.75) is 13.8 Å². The van der Waals surface area contributed by atoms with Gasteiger partial charge >= 0.3 is 5.69 Å². The Kier molecular flexibility index (Phi) is 5.30. The van der Waals surface area contributed by atoms with Crippen LogP contribution in [0, 0.1) is 13.8 Å². The molecule has 0 aliphatic heterocycles. The van der Waals surface area contributed by atoms with Gasteiger partial charge < -0.3 is 19.2 Å². The molecule has 166 valence electrons. The quantitative estimate of drug-likeness (QED) is 0.512. The van der Waals surface area contributed by atoms with E-state index in [-0.39, 0.29) is 11.1 Å². The fraction of sp³-hybridized carbons (Fsp3) is 0.250. The van der Waals surface area contributed by atoms with E-state index in [4.69, 9.17) is 13.9 Å². The molecule has 8 heteroatoms. The highest BCUT2D eigenvalue weighted by Crippen LogP contribution is 2.43. The van der Waals surface area contributed by atoms with E-state index in [0.29, 0.717) is 28.5 Å². The van der Waals surface area contributed by atoms with Crippen LogP contribution < -0.4 is 26.0 Å². The predicted octanol–water partition coefficient (Wildman–Crippen LogP) is 3.87. The highest BCUT2D eigenvalue weighted by atomic mass is 16.5. The zero-order chi connectivity index (χ0) is 23.2. The van der Waals surface area contributed by atoms with Crippen LogP contribution >= 0.6 is 0 Å². The van der Waals surface area contributed by atoms with Gasteiger partial charge in [-0.15, -0.1) is 0 Å². The van der Waals surface area contributed by atoms with Crippen molar-refractivity contribution in [1.29, 1.82) is 0 Å². The van der Waals surface area contributed by atoms with Crippen LogP contribution in [0.1, 0.15) is 11.1 Å². The number of hydrogen-bond donors (Lipinski definition) is 1. The van der Waals surface area contributed by atoms with Crippen LogP contribution in [-0.2, 0) is 14.1 Å². The predicted molar refractivity (Wildman–Crippen MR) is 124 cm³/mol. The van der Waals surface area contributed by atoms with Gasteiger partial charge in [-0.05, 0) is 43.7 Å². The van der Waals surface area contributed by atoms with E-state index in [2.05, 4.69) is 5.32 Å². The maximum absolute atomic E-state index is 13.2. The molecule has 2 aromatic carbocycles. The molecule has 0 saturated heterocycles. The minimum atomic E-state index is -0.474. The number of benzene rings is 2. The Morgan fingerprint density at radius 3 is 2.34 bits per heavy atom. The fourth-order valence-corrected chi connectivity index (χ4v) is 3.85. The molecule has 0 unspecified atom stereocenters.